The van der Waals surface area contributed by atoms with Crippen molar-refractivity contribution in [3.8, 4) is 0 Å². The maximum absolute atomic E-state index is 11.4. The Hall–Kier alpha value is -2.80. The molecule has 0 aliphatic rings. The van der Waals surface area contributed by atoms with E-state index in [9.17, 15) is 4.79 Å². The first-order valence-corrected chi connectivity index (χ1v) is 13.9. The standard InChI is InChI=1S/C33H47N3O/c1-18(2)25-14-26(19(3)4)31(29(22(9)10)24(25)13)34-16-35-32-27(20(5)6)15-28(21(7)8)33(36-17-37)30(32)23(11)12/h14-15,18-23H,1-13H3. The molecule has 0 saturated heterocycles. The molecule has 0 radical (unpaired) electrons. The summed E-state index contributed by atoms with van der Waals surface area (Å²) in [6.45, 7) is 28.4. The van der Waals surface area contributed by atoms with E-state index in [0.29, 0.717) is 23.4 Å². The van der Waals surface area contributed by atoms with E-state index >= 15 is 0 Å². The fourth-order valence-electron chi connectivity index (χ4n) is 5.28. The molecule has 2 rings (SSSR count). The number of isocyanates is 1. The summed E-state index contributed by atoms with van der Waals surface area (Å²) >= 11 is 0. The predicted octanol–water partition coefficient (Wildman–Crippen LogP) is 10.8. The van der Waals surface area contributed by atoms with E-state index in [1.165, 1.54) is 22.3 Å². The van der Waals surface area contributed by atoms with Crippen LogP contribution in [0.5, 0.6) is 0 Å². The lowest BCUT2D eigenvalue weighted by Gasteiger charge is -2.23. The molecule has 0 fully saturated rings. The molecule has 4 heteroatoms. The predicted molar refractivity (Wildman–Crippen MR) is 159 cm³/mol. The lowest BCUT2D eigenvalue weighted by atomic mass is 9.83. The maximum atomic E-state index is 11.4. The minimum atomic E-state index is 0.119. The van der Waals surface area contributed by atoms with Gasteiger partial charge in [-0.05, 0) is 75.8 Å². The lowest BCUT2D eigenvalue weighted by Crippen LogP contribution is -2.04. The number of benzene rings is 2. The molecule has 200 valence electrons. The molecule has 0 atom stereocenters. The second kappa shape index (κ2) is 12.6. The molecule has 0 unspecified atom stereocenters. The molecule has 0 spiro atoms. The van der Waals surface area contributed by atoms with Crippen LogP contribution in [0.1, 0.15) is 158 Å². The average molecular weight is 502 g/mol. The molecule has 2 aromatic rings. The Kier molecular flexibility index (Phi) is 10.4. The molecular weight excluding hydrogens is 454 g/mol. The van der Waals surface area contributed by atoms with Crippen LogP contribution in [0.15, 0.2) is 27.1 Å². The number of hydrogen-bond acceptors (Lipinski definition) is 4. The Morgan fingerprint density at radius 3 is 1.22 bits per heavy atom. The minimum absolute atomic E-state index is 0.119. The van der Waals surface area contributed by atoms with Gasteiger partial charge in [0.25, 0.3) is 0 Å². The van der Waals surface area contributed by atoms with Crippen LogP contribution in [-0.4, -0.2) is 12.1 Å². The van der Waals surface area contributed by atoms with Crippen molar-refractivity contribution in [1.82, 2.24) is 0 Å². The number of nitrogens with zero attached hydrogens (tertiary/aromatic N) is 3. The van der Waals surface area contributed by atoms with Crippen molar-refractivity contribution in [1.29, 1.82) is 0 Å². The van der Waals surface area contributed by atoms with E-state index in [1.54, 1.807) is 6.08 Å². The zero-order chi connectivity index (χ0) is 28.2. The Morgan fingerprint density at radius 1 is 0.514 bits per heavy atom. The third-order valence-electron chi connectivity index (χ3n) is 7.17. The zero-order valence-corrected chi connectivity index (χ0v) is 25.4. The van der Waals surface area contributed by atoms with Crippen molar-refractivity contribution in [2.24, 2.45) is 15.0 Å². The third kappa shape index (κ3) is 6.56. The van der Waals surface area contributed by atoms with Crippen LogP contribution in [0.3, 0.4) is 0 Å². The van der Waals surface area contributed by atoms with Gasteiger partial charge >= 0.3 is 0 Å². The van der Waals surface area contributed by atoms with Crippen LogP contribution < -0.4 is 0 Å². The summed E-state index contributed by atoms with van der Waals surface area (Å²) in [7, 11) is 0. The molecule has 37 heavy (non-hydrogen) atoms. The number of rotatable bonds is 9. The summed E-state index contributed by atoms with van der Waals surface area (Å²) in [5, 5.41) is 0. The van der Waals surface area contributed by atoms with Gasteiger partial charge in [-0.15, -0.1) is 0 Å². The van der Waals surface area contributed by atoms with Gasteiger partial charge in [0, 0.05) is 5.56 Å². The van der Waals surface area contributed by atoms with E-state index in [2.05, 4.69) is 113 Å². The van der Waals surface area contributed by atoms with Crippen molar-refractivity contribution in [3.05, 3.63) is 51.1 Å². The van der Waals surface area contributed by atoms with Crippen molar-refractivity contribution in [2.75, 3.05) is 0 Å². The molecule has 0 amide bonds. The normalized spacial score (nSPS) is 11.6. The van der Waals surface area contributed by atoms with Gasteiger partial charge in [-0.3, -0.25) is 0 Å². The van der Waals surface area contributed by atoms with E-state index in [0.717, 1.165) is 28.1 Å². The van der Waals surface area contributed by atoms with Crippen LogP contribution in [0.2, 0.25) is 0 Å². The Morgan fingerprint density at radius 2 is 0.865 bits per heavy atom. The zero-order valence-electron chi connectivity index (χ0n) is 25.4. The summed E-state index contributed by atoms with van der Waals surface area (Å²) in [4.78, 5) is 25.4. The van der Waals surface area contributed by atoms with Gasteiger partial charge in [0.15, 0.2) is 0 Å². The summed E-state index contributed by atoms with van der Waals surface area (Å²) in [6, 6.07) is 7.58. The second-order valence-corrected chi connectivity index (χ2v) is 12.1. The van der Waals surface area contributed by atoms with E-state index in [1.807, 2.05) is 0 Å². The summed E-state index contributed by atoms with van der Waals surface area (Å²) in [5.74, 6) is 1.68. The molecule has 0 saturated carbocycles. The monoisotopic (exact) mass is 501 g/mol. The first-order chi connectivity index (χ1) is 17.2. The highest BCUT2D eigenvalue weighted by molar-refractivity contribution is 5.75. The maximum Gasteiger partial charge on any atom is 0.240 e. The van der Waals surface area contributed by atoms with Crippen molar-refractivity contribution in [3.63, 3.8) is 0 Å². The largest absolute Gasteiger partial charge is 0.240 e. The molecular formula is C33H47N3O. The molecule has 0 bridgehead atoms. The highest BCUT2D eigenvalue weighted by atomic mass is 16.1. The molecule has 2 aromatic carbocycles. The third-order valence-corrected chi connectivity index (χ3v) is 7.17. The van der Waals surface area contributed by atoms with Crippen molar-refractivity contribution in [2.45, 2.75) is 126 Å². The fraction of sp³-hybridized carbons (Fsp3) is 0.576. The average Bonchev–Trinajstić information content (AvgIpc) is 2.77. The molecule has 0 N–H and O–H groups in total. The highest BCUT2D eigenvalue weighted by Crippen LogP contribution is 2.45. The minimum Gasteiger partial charge on any atom is -0.211 e. The smallest absolute Gasteiger partial charge is 0.211 e. The van der Waals surface area contributed by atoms with Gasteiger partial charge in [-0.25, -0.2) is 4.79 Å². The van der Waals surface area contributed by atoms with Crippen LogP contribution >= 0.6 is 0 Å². The Balaban J connectivity index is 2.98. The fourth-order valence-corrected chi connectivity index (χ4v) is 5.28. The van der Waals surface area contributed by atoms with Gasteiger partial charge in [0.1, 0.15) is 6.01 Å². The first-order valence-electron chi connectivity index (χ1n) is 13.9. The van der Waals surface area contributed by atoms with Crippen LogP contribution in [0.4, 0.5) is 17.1 Å². The molecule has 4 nitrogen and oxygen atoms in total. The van der Waals surface area contributed by atoms with E-state index < -0.39 is 0 Å². The van der Waals surface area contributed by atoms with Crippen molar-refractivity contribution >= 4 is 29.2 Å². The van der Waals surface area contributed by atoms with E-state index in [4.69, 9.17) is 9.98 Å². The summed E-state index contributed by atoms with van der Waals surface area (Å²) < 4.78 is 0. The van der Waals surface area contributed by atoms with Gasteiger partial charge in [0.2, 0.25) is 6.08 Å². The quantitative estimate of drug-likeness (QED) is 0.249. The summed E-state index contributed by atoms with van der Waals surface area (Å²) in [6.07, 6.45) is 1.78. The molecule has 0 aliphatic carbocycles. The first kappa shape index (κ1) is 30.4. The molecule has 0 aromatic heterocycles. The SMILES string of the molecule is Cc1c(C(C)C)cc(C(C)C)c(N=C=Nc2c(C(C)C)cc(C(C)C)c(N=C=O)c2C(C)C)c1C(C)C. The Labute approximate surface area is 225 Å². The van der Waals surface area contributed by atoms with E-state index in [-0.39, 0.29) is 17.8 Å². The van der Waals surface area contributed by atoms with Crippen LogP contribution in [0, 0.1) is 6.92 Å². The lowest BCUT2D eigenvalue weighted by molar-refractivity contribution is 0.565. The molecule has 0 aliphatic heterocycles. The number of hydrogen-bond donors (Lipinski definition) is 0. The molecule has 0 heterocycles. The van der Waals surface area contributed by atoms with Crippen LogP contribution in [0.25, 0.3) is 0 Å². The number of aliphatic imine (C=N–C) groups is 3. The van der Waals surface area contributed by atoms with Gasteiger partial charge < -0.3 is 0 Å². The number of carbonyl (C=O) groups excluding carboxylic acids is 1. The van der Waals surface area contributed by atoms with Gasteiger partial charge in [-0.2, -0.15) is 15.0 Å². The van der Waals surface area contributed by atoms with Gasteiger partial charge in [0.05, 0.1) is 17.1 Å². The summed E-state index contributed by atoms with van der Waals surface area (Å²) in [5.41, 5.74) is 10.8. The second-order valence-electron chi connectivity index (χ2n) is 12.1. The van der Waals surface area contributed by atoms with Crippen LogP contribution in [-0.2, 0) is 4.79 Å². The van der Waals surface area contributed by atoms with Gasteiger partial charge in [-0.1, -0.05) is 95.2 Å². The van der Waals surface area contributed by atoms with Crippen molar-refractivity contribution < 1.29 is 4.79 Å². The Bertz CT molecular complexity index is 1230. The highest BCUT2D eigenvalue weighted by Gasteiger charge is 2.24. The topological polar surface area (TPSA) is 54.1 Å².